The van der Waals surface area contributed by atoms with E-state index in [0.717, 1.165) is 77.3 Å². The molecule has 2 aliphatic heterocycles. The largest absolute Gasteiger partial charge is 0.379 e. The van der Waals surface area contributed by atoms with Crippen molar-refractivity contribution in [1.29, 1.82) is 0 Å². The van der Waals surface area contributed by atoms with Crippen LogP contribution in [0.4, 0.5) is 21.9 Å². The zero-order valence-electron chi connectivity index (χ0n) is 23.7. The fourth-order valence-corrected chi connectivity index (χ4v) is 5.64. The molecule has 0 aliphatic carbocycles. The number of anilines is 3. The summed E-state index contributed by atoms with van der Waals surface area (Å²) in [4.78, 5) is 30.8. The smallest absolute Gasteiger partial charge is 0.323 e. The van der Waals surface area contributed by atoms with Gasteiger partial charge in [0.1, 0.15) is 0 Å². The third-order valence-corrected chi connectivity index (χ3v) is 7.89. The molecule has 0 spiro atoms. The lowest BCUT2D eigenvalue weighted by atomic mass is 9.89. The number of nitrogens with zero attached hydrogens (tertiary/aromatic N) is 2. The highest BCUT2D eigenvalue weighted by Crippen LogP contribution is 2.30. The fraction of sp³-hybridized carbons (Fsp3) is 0.394. The van der Waals surface area contributed by atoms with Gasteiger partial charge in [-0.1, -0.05) is 48.5 Å². The molecule has 216 valence electrons. The normalized spacial score (nSPS) is 16.2. The predicted octanol–water partition coefficient (Wildman–Crippen LogP) is 5.24. The van der Waals surface area contributed by atoms with Crippen molar-refractivity contribution in [2.45, 2.75) is 25.7 Å². The number of urea groups is 1. The Balaban J connectivity index is 1.23. The molecule has 3 amide bonds. The Hall–Kier alpha value is -3.88. The van der Waals surface area contributed by atoms with E-state index in [-0.39, 0.29) is 11.9 Å². The number of para-hydroxylation sites is 1. The van der Waals surface area contributed by atoms with E-state index in [1.807, 2.05) is 42.5 Å². The third kappa shape index (κ3) is 8.55. The first-order valence-electron chi connectivity index (χ1n) is 14.8. The molecule has 0 bridgehead atoms. The number of benzene rings is 3. The van der Waals surface area contributed by atoms with Crippen LogP contribution in [0.1, 0.15) is 35.2 Å². The number of hydrogen-bond donors (Lipinski definition) is 3. The average Bonchev–Trinajstić information content (AvgIpc) is 3.01. The van der Waals surface area contributed by atoms with Gasteiger partial charge in [-0.15, -0.1) is 0 Å². The minimum atomic E-state index is -0.345. The predicted molar refractivity (Wildman–Crippen MR) is 165 cm³/mol. The number of piperidine rings is 1. The van der Waals surface area contributed by atoms with E-state index < -0.39 is 0 Å². The second kappa shape index (κ2) is 14.7. The quantitative estimate of drug-likeness (QED) is 0.298. The standard InChI is InChI=1S/C33H41N5O3/c39-32(34-16-7-17-37-20-22-41-23-21-37)30-25-29(36-33(40)35-28-10-5-2-6-11-28)12-13-31(30)38-18-14-27(15-19-38)24-26-8-3-1-4-9-26/h1-6,8-13,25,27H,7,14-24H2,(H,34,39)(H2,35,36,40). The van der Waals surface area contributed by atoms with Gasteiger partial charge in [0.2, 0.25) is 0 Å². The summed E-state index contributed by atoms with van der Waals surface area (Å²) in [6.45, 7) is 6.76. The molecule has 2 saturated heterocycles. The van der Waals surface area contributed by atoms with Gasteiger partial charge in [-0.2, -0.15) is 0 Å². The van der Waals surface area contributed by atoms with Gasteiger partial charge < -0.3 is 25.6 Å². The van der Waals surface area contributed by atoms with Crippen LogP contribution in [0.25, 0.3) is 0 Å². The summed E-state index contributed by atoms with van der Waals surface area (Å²) in [5.74, 6) is 0.522. The Labute approximate surface area is 243 Å². The van der Waals surface area contributed by atoms with E-state index >= 15 is 0 Å². The Morgan fingerprint density at radius 3 is 2.22 bits per heavy atom. The molecule has 41 heavy (non-hydrogen) atoms. The Kier molecular flexibility index (Phi) is 10.2. The number of ether oxygens (including phenoxy) is 1. The van der Waals surface area contributed by atoms with E-state index in [9.17, 15) is 9.59 Å². The highest BCUT2D eigenvalue weighted by molar-refractivity contribution is 6.04. The zero-order chi connectivity index (χ0) is 28.3. The van der Waals surface area contributed by atoms with Gasteiger partial charge in [-0.05, 0) is 74.0 Å². The van der Waals surface area contributed by atoms with E-state index in [2.05, 4.69) is 56.1 Å². The van der Waals surface area contributed by atoms with Crippen molar-refractivity contribution < 1.29 is 14.3 Å². The zero-order valence-corrected chi connectivity index (χ0v) is 23.7. The highest BCUT2D eigenvalue weighted by atomic mass is 16.5. The third-order valence-electron chi connectivity index (χ3n) is 7.89. The molecule has 0 aromatic heterocycles. The van der Waals surface area contributed by atoms with Crippen LogP contribution in [-0.4, -0.2) is 69.3 Å². The summed E-state index contributed by atoms with van der Waals surface area (Å²) in [5, 5.41) is 8.86. The van der Waals surface area contributed by atoms with Crippen LogP contribution in [-0.2, 0) is 11.2 Å². The summed E-state index contributed by atoms with van der Waals surface area (Å²) >= 11 is 0. The van der Waals surface area contributed by atoms with E-state index in [0.29, 0.717) is 29.4 Å². The lowest BCUT2D eigenvalue weighted by molar-refractivity contribution is 0.0374. The first-order valence-corrected chi connectivity index (χ1v) is 14.8. The molecule has 8 nitrogen and oxygen atoms in total. The first kappa shape index (κ1) is 28.6. The van der Waals surface area contributed by atoms with Crippen LogP contribution in [0.3, 0.4) is 0 Å². The van der Waals surface area contributed by atoms with Gasteiger partial charge in [-0.25, -0.2) is 4.79 Å². The van der Waals surface area contributed by atoms with E-state index in [1.165, 1.54) is 5.56 Å². The van der Waals surface area contributed by atoms with Crippen LogP contribution in [0.5, 0.6) is 0 Å². The van der Waals surface area contributed by atoms with Crippen molar-refractivity contribution in [3.05, 3.63) is 90.0 Å². The molecule has 0 atom stereocenters. The lowest BCUT2D eigenvalue weighted by Crippen LogP contribution is -2.38. The van der Waals surface area contributed by atoms with Crippen LogP contribution in [0.15, 0.2) is 78.9 Å². The summed E-state index contributed by atoms with van der Waals surface area (Å²) in [6.07, 6.45) is 4.12. The molecule has 3 N–H and O–H groups in total. The number of nitrogens with one attached hydrogen (secondary N) is 3. The van der Waals surface area contributed by atoms with Crippen LogP contribution in [0.2, 0.25) is 0 Å². The van der Waals surface area contributed by atoms with Crippen LogP contribution in [0, 0.1) is 5.92 Å². The van der Waals surface area contributed by atoms with Crippen molar-refractivity contribution in [1.82, 2.24) is 10.2 Å². The van der Waals surface area contributed by atoms with Gasteiger partial charge in [0, 0.05) is 49.8 Å². The number of carbonyl (C=O) groups is 2. The summed E-state index contributed by atoms with van der Waals surface area (Å²) in [5.41, 5.74) is 4.18. The first-order chi connectivity index (χ1) is 20.1. The molecule has 3 aromatic carbocycles. The van der Waals surface area contributed by atoms with Crippen molar-refractivity contribution in [3.63, 3.8) is 0 Å². The van der Waals surface area contributed by atoms with Gasteiger partial charge in [-0.3, -0.25) is 9.69 Å². The second-order valence-electron chi connectivity index (χ2n) is 10.9. The summed E-state index contributed by atoms with van der Waals surface area (Å²) in [6, 6.07) is 25.3. The molecule has 0 saturated carbocycles. The summed E-state index contributed by atoms with van der Waals surface area (Å²) < 4.78 is 5.43. The van der Waals surface area contributed by atoms with E-state index in [4.69, 9.17) is 4.74 Å². The molecule has 2 fully saturated rings. The molecule has 2 heterocycles. The van der Waals surface area contributed by atoms with Gasteiger partial charge in [0.25, 0.3) is 5.91 Å². The molecular formula is C33H41N5O3. The number of amides is 3. The highest BCUT2D eigenvalue weighted by Gasteiger charge is 2.24. The Bertz CT molecular complexity index is 1260. The SMILES string of the molecule is O=C(Nc1ccccc1)Nc1ccc(N2CCC(Cc3ccccc3)CC2)c(C(=O)NCCCN2CCOCC2)c1. The van der Waals surface area contributed by atoms with Crippen molar-refractivity contribution >= 4 is 29.0 Å². The average molecular weight is 556 g/mol. The molecule has 0 radical (unpaired) electrons. The molecule has 2 aliphatic rings. The molecule has 8 heteroatoms. The lowest BCUT2D eigenvalue weighted by Gasteiger charge is -2.35. The maximum atomic E-state index is 13.5. The Morgan fingerprint density at radius 1 is 0.805 bits per heavy atom. The van der Waals surface area contributed by atoms with Gasteiger partial charge in [0.05, 0.1) is 18.8 Å². The number of carbonyl (C=O) groups excluding carboxylic acids is 2. The maximum Gasteiger partial charge on any atom is 0.323 e. The minimum Gasteiger partial charge on any atom is -0.379 e. The van der Waals surface area contributed by atoms with Crippen molar-refractivity contribution in [2.24, 2.45) is 5.92 Å². The molecule has 3 aromatic rings. The minimum absolute atomic E-state index is 0.111. The van der Waals surface area contributed by atoms with E-state index in [1.54, 1.807) is 6.07 Å². The van der Waals surface area contributed by atoms with Crippen LogP contribution < -0.4 is 20.9 Å². The Morgan fingerprint density at radius 2 is 1.49 bits per heavy atom. The van der Waals surface area contributed by atoms with Crippen molar-refractivity contribution in [3.8, 4) is 0 Å². The maximum absolute atomic E-state index is 13.5. The summed E-state index contributed by atoms with van der Waals surface area (Å²) in [7, 11) is 0. The molecular weight excluding hydrogens is 514 g/mol. The van der Waals surface area contributed by atoms with Crippen molar-refractivity contribution in [2.75, 3.05) is 68.0 Å². The molecule has 5 rings (SSSR count). The van der Waals surface area contributed by atoms with Gasteiger partial charge in [0.15, 0.2) is 0 Å². The monoisotopic (exact) mass is 555 g/mol. The number of morpholine rings is 1. The molecule has 0 unspecified atom stereocenters. The van der Waals surface area contributed by atoms with Gasteiger partial charge >= 0.3 is 6.03 Å². The topological polar surface area (TPSA) is 85.9 Å². The number of hydrogen-bond acceptors (Lipinski definition) is 5. The number of rotatable bonds is 10. The fourth-order valence-electron chi connectivity index (χ4n) is 5.64. The van der Waals surface area contributed by atoms with Crippen LogP contribution >= 0.6 is 0 Å². The second-order valence-corrected chi connectivity index (χ2v) is 10.9.